The molecule has 0 radical (unpaired) electrons. The van der Waals surface area contributed by atoms with Crippen LogP contribution in [0.3, 0.4) is 0 Å². The highest BCUT2D eigenvalue weighted by Crippen LogP contribution is 2.18. The Kier molecular flexibility index (Phi) is 4.45. The van der Waals surface area contributed by atoms with E-state index in [2.05, 4.69) is 60.7 Å². The average Bonchev–Trinajstić information content (AvgIpc) is 2.62. The van der Waals surface area contributed by atoms with Crippen LogP contribution in [0, 0.1) is 3.70 Å². The molecule has 5 heteroatoms. The molecule has 0 saturated carbocycles. The van der Waals surface area contributed by atoms with E-state index in [1.165, 1.54) is 10.8 Å². The maximum Gasteiger partial charge on any atom is 0.140 e. The monoisotopic (exact) mass is 342 g/mol. The normalized spacial score (nSPS) is 11.2. The first kappa shape index (κ1) is 12.9. The molecule has 0 bridgehead atoms. The molecule has 0 atom stereocenters. The smallest absolute Gasteiger partial charge is 0.140 e. The second-order valence-electron chi connectivity index (χ2n) is 4.20. The quantitative estimate of drug-likeness (QED) is 0.470. The first-order valence-corrected chi connectivity index (χ1v) is 7.00. The van der Waals surface area contributed by atoms with Gasteiger partial charge in [-0.2, -0.15) is 5.10 Å². The van der Waals surface area contributed by atoms with E-state index < -0.39 is 0 Å². The number of fused-ring (bicyclic) bond motifs is 1. The summed E-state index contributed by atoms with van der Waals surface area (Å²) in [6.07, 6.45) is 2.27. The molecule has 1 heterocycles. The molecule has 0 aliphatic heterocycles. The summed E-state index contributed by atoms with van der Waals surface area (Å²) in [7, 11) is 2.10. The number of hydrogen-bond donors (Lipinski definition) is 0. The third-order valence-corrected chi connectivity index (χ3v) is 3.51. The van der Waals surface area contributed by atoms with Crippen molar-refractivity contribution < 1.29 is 4.74 Å². The van der Waals surface area contributed by atoms with E-state index in [-0.39, 0.29) is 0 Å². The van der Waals surface area contributed by atoms with Crippen LogP contribution in [0.1, 0.15) is 19.8 Å². The van der Waals surface area contributed by atoms with Crippen molar-refractivity contribution in [1.82, 2.24) is 9.78 Å². The molecule has 90 valence electrons. The molecular formula is C12H16BIN2O. The number of benzene rings is 1. The van der Waals surface area contributed by atoms with Gasteiger partial charge in [-0.05, 0) is 35.1 Å². The SMILES string of the molecule is Bc1ccc2c(c1)c(I)nn2COCCCC. The molecule has 0 amide bonds. The number of ether oxygens (including phenoxy) is 1. The topological polar surface area (TPSA) is 27.1 Å². The van der Waals surface area contributed by atoms with Gasteiger partial charge in [0.25, 0.3) is 0 Å². The summed E-state index contributed by atoms with van der Waals surface area (Å²) in [5.74, 6) is 0. The minimum atomic E-state index is 0.544. The molecule has 0 fully saturated rings. The Labute approximate surface area is 116 Å². The molecule has 0 spiro atoms. The van der Waals surface area contributed by atoms with Crippen molar-refractivity contribution >= 4 is 46.8 Å². The second kappa shape index (κ2) is 5.86. The molecule has 0 aliphatic carbocycles. The van der Waals surface area contributed by atoms with Crippen molar-refractivity contribution in [3.8, 4) is 0 Å². The van der Waals surface area contributed by atoms with Crippen LogP contribution in [-0.2, 0) is 11.5 Å². The van der Waals surface area contributed by atoms with Crippen LogP contribution in [-0.4, -0.2) is 24.2 Å². The summed E-state index contributed by atoms with van der Waals surface area (Å²) in [6.45, 7) is 3.52. The largest absolute Gasteiger partial charge is 0.359 e. The predicted molar refractivity (Wildman–Crippen MR) is 81.5 cm³/mol. The summed E-state index contributed by atoms with van der Waals surface area (Å²) in [4.78, 5) is 0. The van der Waals surface area contributed by atoms with Gasteiger partial charge in [0.15, 0.2) is 0 Å². The van der Waals surface area contributed by atoms with Gasteiger partial charge in [-0.3, -0.25) is 0 Å². The number of halogens is 1. The molecule has 0 unspecified atom stereocenters. The minimum Gasteiger partial charge on any atom is -0.359 e. The molecule has 0 saturated heterocycles. The lowest BCUT2D eigenvalue weighted by atomic mass is 9.95. The lowest BCUT2D eigenvalue weighted by molar-refractivity contribution is 0.0695. The van der Waals surface area contributed by atoms with Crippen molar-refractivity contribution in [3.63, 3.8) is 0 Å². The highest BCUT2D eigenvalue weighted by atomic mass is 127. The van der Waals surface area contributed by atoms with E-state index in [9.17, 15) is 0 Å². The molecule has 2 rings (SSSR count). The maximum atomic E-state index is 5.61. The van der Waals surface area contributed by atoms with E-state index in [0.29, 0.717) is 6.73 Å². The van der Waals surface area contributed by atoms with E-state index in [1.54, 1.807) is 0 Å². The molecular weight excluding hydrogens is 326 g/mol. The van der Waals surface area contributed by atoms with Crippen molar-refractivity contribution in [3.05, 3.63) is 21.9 Å². The molecule has 1 aromatic heterocycles. The lowest BCUT2D eigenvalue weighted by Gasteiger charge is -2.04. The minimum absolute atomic E-state index is 0.544. The molecule has 1 aromatic carbocycles. The molecule has 17 heavy (non-hydrogen) atoms. The molecule has 2 aromatic rings. The Morgan fingerprint density at radius 2 is 2.29 bits per heavy atom. The number of hydrogen-bond acceptors (Lipinski definition) is 2. The van der Waals surface area contributed by atoms with Crippen molar-refractivity contribution in [1.29, 1.82) is 0 Å². The summed E-state index contributed by atoms with van der Waals surface area (Å²) >= 11 is 2.28. The zero-order chi connectivity index (χ0) is 12.3. The van der Waals surface area contributed by atoms with E-state index in [1.807, 2.05) is 4.68 Å². The highest BCUT2D eigenvalue weighted by Gasteiger charge is 2.07. The van der Waals surface area contributed by atoms with Gasteiger partial charge in [0, 0.05) is 12.0 Å². The van der Waals surface area contributed by atoms with Crippen LogP contribution in [0.25, 0.3) is 10.9 Å². The summed E-state index contributed by atoms with van der Waals surface area (Å²) in [5.41, 5.74) is 2.42. The standard InChI is InChI=1S/C12H16BIN2O/c1-2-3-6-17-8-16-11-5-4-9(13)7-10(11)12(14)15-16/h4-5,7H,2-3,6,8,13H2,1H3. The Bertz CT molecular complexity index is 512. The lowest BCUT2D eigenvalue weighted by Crippen LogP contribution is -2.06. The Balaban J connectivity index is 2.17. The summed E-state index contributed by atoms with van der Waals surface area (Å²) < 4.78 is 8.59. The van der Waals surface area contributed by atoms with Crippen LogP contribution in [0.15, 0.2) is 18.2 Å². The number of unbranched alkanes of at least 4 members (excludes halogenated alkanes) is 1. The van der Waals surface area contributed by atoms with Gasteiger partial charge in [0.05, 0.1) is 5.52 Å². The van der Waals surface area contributed by atoms with E-state index in [4.69, 9.17) is 4.74 Å². The molecule has 0 N–H and O–H groups in total. The fourth-order valence-electron chi connectivity index (χ4n) is 1.75. The Hall–Kier alpha value is -0.555. The Morgan fingerprint density at radius 3 is 3.06 bits per heavy atom. The van der Waals surface area contributed by atoms with Crippen LogP contribution in [0.5, 0.6) is 0 Å². The summed E-state index contributed by atoms with van der Waals surface area (Å²) in [5, 5.41) is 5.72. The van der Waals surface area contributed by atoms with Gasteiger partial charge < -0.3 is 4.74 Å². The van der Waals surface area contributed by atoms with Gasteiger partial charge in [0.1, 0.15) is 18.3 Å². The van der Waals surface area contributed by atoms with Gasteiger partial charge in [0.2, 0.25) is 0 Å². The summed E-state index contributed by atoms with van der Waals surface area (Å²) in [6, 6.07) is 6.40. The van der Waals surface area contributed by atoms with Crippen molar-refractivity contribution in [2.45, 2.75) is 26.5 Å². The first-order valence-electron chi connectivity index (χ1n) is 5.92. The van der Waals surface area contributed by atoms with Crippen LogP contribution >= 0.6 is 22.6 Å². The van der Waals surface area contributed by atoms with Crippen LogP contribution in [0.4, 0.5) is 0 Å². The van der Waals surface area contributed by atoms with Crippen LogP contribution < -0.4 is 5.46 Å². The first-order chi connectivity index (χ1) is 8.22. The van der Waals surface area contributed by atoms with Gasteiger partial charge in [-0.15, -0.1) is 0 Å². The average molecular weight is 342 g/mol. The van der Waals surface area contributed by atoms with Crippen LogP contribution in [0.2, 0.25) is 0 Å². The van der Waals surface area contributed by atoms with E-state index in [0.717, 1.165) is 28.7 Å². The second-order valence-corrected chi connectivity index (χ2v) is 5.22. The van der Waals surface area contributed by atoms with Crippen molar-refractivity contribution in [2.24, 2.45) is 0 Å². The fraction of sp³-hybridized carbons (Fsp3) is 0.417. The zero-order valence-electron chi connectivity index (χ0n) is 10.2. The maximum absolute atomic E-state index is 5.61. The predicted octanol–water partition coefficient (Wildman–Crippen LogP) is 1.67. The van der Waals surface area contributed by atoms with E-state index >= 15 is 0 Å². The number of aromatic nitrogens is 2. The highest BCUT2D eigenvalue weighted by molar-refractivity contribution is 14.1. The third-order valence-electron chi connectivity index (χ3n) is 2.72. The van der Waals surface area contributed by atoms with Gasteiger partial charge in [-0.25, -0.2) is 4.68 Å². The fourth-order valence-corrected chi connectivity index (χ4v) is 2.44. The van der Waals surface area contributed by atoms with Crippen molar-refractivity contribution in [2.75, 3.05) is 6.61 Å². The number of rotatable bonds is 5. The number of nitrogens with zero attached hydrogens (tertiary/aromatic N) is 2. The van der Waals surface area contributed by atoms with Gasteiger partial charge >= 0.3 is 0 Å². The third kappa shape index (κ3) is 3.01. The Morgan fingerprint density at radius 1 is 1.47 bits per heavy atom. The molecule has 3 nitrogen and oxygen atoms in total. The van der Waals surface area contributed by atoms with Gasteiger partial charge in [-0.1, -0.05) is 30.9 Å². The molecule has 0 aliphatic rings. The zero-order valence-corrected chi connectivity index (χ0v) is 12.4.